The first-order valence-electron chi connectivity index (χ1n) is 3.78. The fraction of sp³-hybridized carbons (Fsp3) is 0.125. The average molecular weight is 199 g/mol. The SMILES string of the molecule is CNc1cc(F)cc(C=O)c1[NH+]([O-])[O-]. The maximum atomic E-state index is 12.8. The van der Waals surface area contributed by atoms with Gasteiger partial charge in [0.25, 0.3) is 0 Å². The number of quaternary nitrogens is 1. The molecule has 6 heteroatoms. The van der Waals surface area contributed by atoms with Crippen molar-refractivity contribution in [3.63, 3.8) is 0 Å². The molecule has 0 radical (unpaired) electrons. The van der Waals surface area contributed by atoms with Crippen molar-refractivity contribution in [2.75, 3.05) is 12.4 Å². The van der Waals surface area contributed by atoms with Gasteiger partial charge in [0.1, 0.15) is 11.5 Å². The van der Waals surface area contributed by atoms with Gasteiger partial charge in [-0.15, -0.1) is 0 Å². The molecule has 1 aromatic carbocycles. The van der Waals surface area contributed by atoms with Crippen LogP contribution in [-0.2, 0) is 0 Å². The van der Waals surface area contributed by atoms with Gasteiger partial charge in [0.15, 0.2) is 12.0 Å². The third-order valence-electron chi connectivity index (χ3n) is 1.73. The van der Waals surface area contributed by atoms with E-state index in [9.17, 15) is 19.6 Å². The highest BCUT2D eigenvalue weighted by Crippen LogP contribution is 2.22. The second-order valence-electron chi connectivity index (χ2n) is 2.57. The van der Waals surface area contributed by atoms with E-state index in [0.29, 0.717) is 0 Å². The van der Waals surface area contributed by atoms with Crippen LogP contribution in [0.25, 0.3) is 0 Å². The molecule has 0 aliphatic heterocycles. The van der Waals surface area contributed by atoms with Gasteiger partial charge in [-0.1, -0.05) is 0 Å². The molecule has 0 saturated heterocycles. The lowest BCUT2D eigenvalue weighted by Crippen LogP contribution is -2.96. The molecule has 1 aromatic rings. The summed E-state index contributed by atoms with van der Waals surface area (Å²) in [6, 6.07) is 1.83. The molecule has 0 amide bonds. The molecular formula is C8H8FN2O3-. The zero-order chi connectivity index (χ0) is 10.7. The van der Waals surface area contributed by atoms with Gasteiger partial charge < -0.3 is 21.0 Å². The second-order valence-corrected chi connectivity index (χ2v) is 2.57. The number of carbonyl (C=O) groups excluding carboxylic acids is 1. The highest BCUT2D eigenvalue weighted by molar-refractivity contribution is 5.86. The molecule has 76 valence electrons. The lowest BCUT2D eigenvalue weighted by molar-refractivity contribution is -0.714. The van der Waals surface area contributed by atoms with E-state index in [-0.39, 0.29) is 23.2 Å². The Morgan fingerprint density at radius 1 is 1.50 bits per heavy atom. The molecule has 0 bridgehead atoms. The number of rotatable bonds is 3. The molecule has 0 heterocycles. The number of hydrogen-bond acceptors (Lipinski definition) is 4. The topological polar surface area (TPSA) is 79.7 Å². The van der Waals surface area contributed by atoms with E-state index in [1.807, 2.05) is 0 Å². The standard InChI is InChI=1S/C8H8FN2O3/c1-10-7-3-6(9)2-5(4-12)8(7)11(13)14/h2-4,10-11H,1H3/q-1. The van der Waals surface area contributed by atoms with Crippen molar-refractivity contribution in [2.24, 2.45) is 0 Å². The van der Waals surface area contributed by atoms with Crippen LogP contribution in [-0.4, -0.2) is 13.3 Å². The number of benzene rings is 1. The average Bonchev–Trinajstić information content (AvgIpc) is 2.15. The Morgan fingerprint density at radius 2 is 2.14 bits per heavy atom. The summed E-state index contributed by atoms with van der Waals surface area (Å²) in [6.45, 7) is 0. The van der Waals surface area contributed by atoms with Crippen molar-refractivity contribution >= 4 is 17.7 Å². The van der Waals surface area contributed by atoms with E-state index >= 15 is 0 Å². The minimum Gasteiger partial charge on any atom is -0.628 e. The number of carbonyl (C=O) groups is 1. The van der Waals surface area contributed by atoms with E-state index in [4.69, 9.17) is 0 Å². The van der Waals surface area contributed by atoms with E-state index in [0.717, 1.165) is 12.1 Å². The lowest BCUT2D eigenvalue weighted by atomic mass is 10.1. The summed E-state index contributed by atoms with van der Waals surface area (Å²) in [5, 5.41) is 22.2. The van der Waals surface area contributed by atoms with Crippen LogP contribution in [0.3, 0.4) is 0 Å². The van der Waals surface area contributed by atoms with E-state index in [2.05, 4.69) is 5.32 Å². The first-order valence-corrected chi connectivity index (χ1v) is 3.78. The van der Waals surface area contributed by atoms with Crippen LogP contribution >= 0.6 is 0 Å². The predicted octanol–water partition coefficient (Wildman–Crippen LogP) is 0.192. The van der Waals surface area contributed by atoms with Crippen molar-refractivity contribution < 1.29 is 14.4 Å². The molecule has 0 aliphatic carbocycles. The van der Waals surface area contributed by atoms with Crippen LogP contribution in [0.5, 0.6) is 0 Å². The van der Waals surface area contributed by atoms with Crippen LogP contribution < -0.4 is 10.5 Å². The van der Waals surface area contributed by atoms with Crippen LogP contribution in [0.15, 0.2) is 12.1 Å². The fourth-order valence-electron chi connectivity index (χ4n) is 1.15. The zero-order valence-corrected chi connectivity index (χ0v) is 7.33. The van der Waals surface area contributed by atoms with Crippen LogP contribution in [0.2, 0.25) is 0 Å². The van der Waals surface area contributed by atoms with Crippen molar-refractivity contribution in [3.8, 4) is 0 Å². The van der Waals surface area contributed by atoms with E-state index < -0.39 is 11.0 Å². The first-order chi connectivity index (χ1) is 6.60. The van der Waals surface area contributed by atoms with Gasteiger partial charge in [-0.2, -0.15) is 0 Å². The Labute approximate surface area is 79.3 Å². The Balaban J connectivity index is 3.40. The first kappa shape index (κ1) is 10.6. The summed E-state index contributed by atoms with van der Waals surface area (Å²) < 4.78 is 12.8. The lowest BCUT2D eigenvalue weighted by Gasteiger charge is -2.27. The third-order valence-corrected chi connectivity index (χ3v) is 1.73. The van der Waals surface area contributed by atoms with Gasteiger partial charge in [0.2, 0.25) is 0 Å². The van der Waals surface area contributed by atoms with Gasteiger partial charge in [0, 0.05) is 13.1 Å². The van der Waals surface area contributed by atoms with Crippen LogP contribution in [0.4, 0.5) is 15.8 Å². The predicted molar refractivity (Wildman–Crippen MR) is 48.7 cm³/mol. The minimum absolute atomic E-state index is 0.0205. The molecule has 0 aromatic heterocycles. The van der Waals surface area contributed by atoms with Gasteiger partial charge in [-0.05, 0) is 6.07 Å². The Bertz CT molecular complexity index is 355. The molecule has 2 N–H and O–H groups in total. The third kappa shape index (κ3) is 1.87. The summed E-state index contributed by atoms with van der Waals surface area (Å²) >= 11 is 0. The summed E-state index contributed by atoms with van der Waals surface area (Å²) in [6.07, 6.45) is 0.273. The number of halogens is 1. The van der Waals surface area contributed by atoms with Crippen molar-refractivity contribution in [3.05, 3.63) is 33.9 Å². The number of nitrogens with one attached hydrogen (secondary N) is 2. The number of anilines is 1. The molecule has 0 unspecified atom stereocenters. The van der Waals surface area contributed by atoms with Gasteiger partial charge >= 0.3 is 0 Å². The number of hydrogen-bond donors (Lipinski definition) is 2. The normalized spacial score (nSPS) is 10.4. The molecule has 0 saturated carbocycles. The van der Waals surface area contributed by atoms with Crippen molar-refractivity contribution in [1.29, 1.82) is 0 Å². The smallest absolute Gasteiger partial charge is 0.165 e. The zero-order valence-electron chi connectivity index (χ0n) is 7.33. The molecule has 0 fully saturated rings. The van der Waals surface area contributed by atoms with Crippen molar-refractivity contribution in [2.45, 2.75) is 0 Å². The minimum atomic E-state index is -1.52. The highest BCUT2D eigenvalue weighted by atomic mass is 19.1. The molecule has 0 atom stereocenters. The molecule has 0 aliphatic rings. The Morgan fingerprint density at radius 3 is 2.57 bits per heavy atom. The van der Waals surface area contributed by atoms with Gasteiger partial charge in [0.05, 0.1) is 5.56 Å². The monoisotopic (exact) mass is 199 g/mol. The molecule has 5 nitrogen and oxygen atoms in total. The fourth-order valence-corrected chi connectivity index (χ4v) is 1.15. The second kappa shape index (κ2) is 4.14. The summed E-state index contributed by atoms with van der Waals surface area (Å²) in [5.41, 5.74) is -0.551. The maximum Gasteiger partial charge on any atom is 0.165 e. The highest BCUT2D eigenvalue weighted by Gasteiger charge is 2.12. The molecular weight excluding hydrogens is 191 g/mol. The van der Waals surface area contributed by atoms with Gasteiger partial charge in [-0.25, -0.2) is 4.39 Å². The molecule has 1 rings (SSSR count). The van der Waals surface area contributed by atoms with Gasteiger partial charge in [-0.3, -0.25) is 4.79 Å². The van der Waals surface area contributed by atoms with Crippen molar-refractivity contribution in [1.82, 2.24) is 0 Å². The number of aldehydes is 1. The Kier molecular flexibility index (Phi) is 3.13. The molecule has 0 spiro atoms. The quantitative estimate of drug-likeness (QED) is 0.538. The van der Waals surface area contributed by atoms with E-state index in [1.165, 1.54) is 7.05 Å². The summed E-state index contributed by atoms with van der Waals surface area (Å²) in [7, 11) is 1.43. The summed E-state index contributed by atoms with van der Waals surface area (Å²) in [4.78, 5) is 10.5. The summed E-state index contributed by atoms with van der Waals surface area (Å²) in [5.74, 6) is -0.679. The Hall–Kier alpha value is -1.50. The largest absolute Gasteiger partial charge is 0.628 e. The maximum absolute atomic E-state index is 12.8. The molecule has 14 heavy (non-hydrogen) atoms. The van der Waals surface area contributed by atoms with E-state index in [1.54, 1.807) is 0 Å². The van der Waals surface area contributed by atoms with Crippen LogP contribution in [0.1, 0.15) is 10.4 Å². The van der Waals surface area contributed by atoms with Crippen LogP contribution in [0, 0.1) is 16.2 Å².